The molecule has 86 valence electrons. The van der Waals surface area contributed by atoms with Crippen LogP contribution in [0.3, 0.4) is 0 Å². The van der Waals surface area contributed by atoms with Gasteiger partial charge >= 0.3 is 5.97 Å². The second kappa shape index (κ2) is 4.21. The van der Waals surface area contributed by atoms with Gasteiger partial charge in [-0.25, -0.2) is 4.79 Å². The molecule has 0 aliphatic heterocycles. The number of hydrogen-bond acceptors (Lipinski definition) is 3. The Kier molecular flexibility index (Phi) is 2.74. The zero-order valence-electron chi connectivity index (χ0n) is 9.10. The lowest BCUT2D eigenvalue weighted by Crippen LogP contribution is -2.03. The third-order valence-electron chi connectivity index (χ3n) is 2.43. The highest BCUT2D eigenvalue weighted by Crippen LogP contribution is 2.21. The van der Waals surface area contributed by atoms with Crippen molar-refractivity contribution < 1.29 is 9.90 Å². The van der Waals surface area contributed by atoms with Gasteiger partial charge in [0.15, 0.2) is 0 Å². The highest BCUT2D eigenvalue weighted by molar-refractivity contribution is 5.89. The van der Waals surface area contributed by atoms with Gasteiger partial charge in [-0.3, -0.25) is 9.78 Å². The summed E-state index contributed by atoms with van der Waals surface area (Å²) in [5.41, 5.74) is 2.06. The van der Waals surface area contributed by atoms with E-state index in [4.69, 9.17) is 5.11 Å². The Hall–Kier alpha value is -2.43. The van der Waals surface area contributed by atoms with Crippen molar-refractivity contribution in [3.8, 4) is 11.1 Å². The van der Waals surface area contributed by atoms with E-state index in [0.29, 0.717) is 11.3 Å². The second-order valence-electron chi connectivity index (χ2n) is 3.60. The fraction of sp³-hybridized carbons (Fsp3) is 0.0833. The van der Waals surface area contributed by atoms with Crippen LogP contribution in [0, 0.1) is 6.92 Å². The molecule has 0 saturated heterocycles. The van der Waals surface area contributed by atoms with Crippen LogP contribution in [-0.2, 0) is 0 Å². The average Bonchev–Trinajstić information content (AvgIpc) is 2.31. The molecular formula is C12H10N2O3. The van der Waals surface area contributed by atoms with Crippen molar-refractivity contribution in [2.24, 2.45) is 0 Å². The first-order valence-electron chi connectivity index (χ1n) is 4.97. The Morgan fingerprint density at radius 3 is 2.76 bits per heavy atom. The Bertz CT molecular complexity index is 611. The lowest BCUT2D eigenvalue weighted by atomic mass is 10.0. The molecule has 0 bridgehead atoms. The minimum absolute atomic E-state index is 0.122. The van der Waals surface area contributed by atoms with E-state index in [-0.39, 0.29) is 11.1 Å². The molecule has 17 heavy (non-hydrogen) atoms. The number of pyridine rings is 2. The van der Waals surface area contributed by atoms with E-state index in [0.717, 1.165) is 5.56 Å². The van der Waals surface area contributed by atoms with E-state index in [1.807, 2.05) is 0 Å². The highest BCUT2D eigenvalue weighted by Gasteiger charge is 2.08. The smallest absolute Gasteiger partial charge is 0.337 e. The molecule has 0 amide bonds. The first-order chi connectivity index (χ1) is 8.08. The quantitative estimate of drug-likeness (QED) is 0.817. The molecule has 0 unspecified atom stereocenters. The number of aromatic nitrogens is 2. The summed E-state index contributed by atoms with van der Waals surface area (Å²) in [4.78, 5) is 28.4. The van der Waals surface area contributed by atoms with Crippen LogP contribution in [-0.4, -0.2) is 21.0 Å². The number of hydrogen-bond donors (Lipinski definition) is 2. The molecule has 2 rings (SSSR count). The topological polar surface area (TPSA) is 83.0 Å². The predicted molar refractivity (Wildman–Crippen MR) is 62.0 cm³/mol. The molecule has 5 heteroatoms. The predicted octanol–water partition coefficient (Wildman–Crippen LogP) is 1.44. The fourth-order valence-corrected chi connectivity index (χ4v) is 1.52. The summed E-state index contributed by atoms with van der Waals surface area (Å²) < 4.78 is 0. The van der Waals surface area contributed by atoms with Gasteiger partial charge in [0.05, 0.1) is 5.56 Å². The van der Waals surface area contributed by atoms with E-state index in [9.17, 15) is 9.59 Å². The molecule has 0 fully saturated rings. The summed E-state index contributed by atoms with van der Waals surface area (Å²) in [6.45, 7) is 1.78. The number of nitrogens with one attached hydrogen (secondary N) is 1. The molecule has 0 atom stereocenters. The molecule has 0 saturated carbocycles. The third-order valence-corrected chi connectivity index (χ3v) is 2.43. The normalized spacial score (nSPS) is 10.2. The Labute approximate surface area is 96.8 Å². The molecule has 0 aromatic carbocycles. The molecule has 2 N–H and O–H groups in total. The van der Waals surface area contributed by atoms with Crippen LogP contribution >= 0.6 is 0 Å². The fourth-order valence-electron chi connectivity index (χ4n) is 1.52. The molecule has 2 heterocycles. The minimum Gasteiger partial charge on any atom is -0.478 e. The molecule has 2 aromatic heterocycles. The van der Waals surface area contributed by atoms with E-state index >= 15 is 0 Å². The van der Waals surface area contributed by atoms with E-state index in [2.05, 4.69) is 9.97 Å². The Balaban J connectivity index is 2.57. The van der Waals surface area contributed by atoms with Crippen molar-refractivity contribution in [2.45, 2.75) is 6.92 Å². The maximum Gasteiger partial charge on any atom is 0.337 e. The van der Waals surface area contributed by atoms with Crippen molar-refractivity contribution >= 4 is 5.97 Å². The summed E-state index contributed by atoms with van der Waals surface area (Å²) in [5, 5.41) is 8.89. The maximum atomic E-state index is 10.9. The van der Waals surface area contributed by atoms with Gasteiger partial charge in [0.1, 0.15) is 0 Å². The standard InChI is InChI=1S/C12H10N2O3/c1-7-10(4-9(6-13-7)12(16)17)8-2-3-11(15)14-5-8/h2-6H,1H3,(H,14,15)(H,16,17). The number of rotatable bonds is 2. The number of aromatic carboxylic acids is 1. The van der Waals surface area contributed by atoms with Gasteiger partial charge in [-0.15, -0.1) is 0 Å². The van der Waals surface area contributed by atoms with Crippen LogP contribution in [0.2, 0.25) is 0 Å². The van der Waals surface area contributed by atoms with Crippen LogP contribution in [0.1, 0.15) is 16.1 Å². The molecule has 2 aromatic rings. The van der Waals surface area contributed by atoms with Crippen LogP contribution in [0.25, 0.3) is 11.1 Å². The van der Waals surface area contributed by atoms with Gasteiger partial charge in [0.2, 0.25) is 5.56 Å². The van der Waals surface area contributed by atoms with Gasteiger partial charge in [0.25, 0.3) is 0 Å². The van der Waals surface area contributed by atoms with E-state index in [1.54, 1.807) is 13.0 Å². The van der Waals surface area contributed by atoms with E-state index < -0.39 is 5.97 Å². The lowest BCUT2D eigenvalue weighted by Gasteiger charge is -2.05. The third kappa shape index (κ3) is 2.23. The van der Waals surface area contributed by atoms with Gasteiger partial charge in [0, 0.05) is 29.7 Å². The van der Waals surface area contributed by atoms with Gasteiger partial charge in [-0.1, -0.05) is 0 Å². The first kappa shape index (κ1) is 11.1. The molecular weight excluding hydrogens is 220 g/mol. The summed E-state index contributed by atoms with van der Waals surface area (Å²) in [7, 11) is 0. The van der Waals surface area contributed by atoms with Crippen LogP contribution in [0.4, 0.5) is 0 Å². The molecule has 0 radical (unpaired) electrons. The average molecular weight is 230 g/mol. The number of nitrogens with zero attached hydrogens (tertiary/aromatic N) is 1. The van der Waals surface area contributed by atoms with Crippen molar-refractivity contribution in [1.82, 2.24) is 9.97 Å². The zero-order chi connectivity index (χ0) is 12.4. The monoisotopic (exact) mass is 230 g/mol. The van der Waals surface area contributed by atoms with Crippen molar-refractivity contribution in [2.75, 3.05) is 0 Å². The molecule has 0 aliphatic carbocycles. The van der Waals surface area contributed by atoms with E-state index in [1.165, 1.54) is 24.5 Å². The number of H-pyrrole nitrogens is 1. The van der Waals surface area contributed by atoms with Crippen LogP contribution in [0.5, 0.6) is 0 Å². The summed E-state index contributed by atoms with van der Waals surface area (Å²) >= 11 is 0. The second-order valence-corrected chi connectivity index (χ2v) is 3.60. The van der Waals surface area contributed by atoms with Crippen molar-refractivity contribution in [1.29, 1.82) is 0 Å². The zero-order valence-corrected chi connectivity index (χ0v) is 9.10. The number of carbonyl (C=O) groups is 1. The van der Waals surface area contributed by atoms with Crippen LogP contribution < -0.4 is 5.56 Å². The number of aryl methyl sites for hydroxylation is 1. The summed E-state index contributed by atoms with van der Waals surface area (Å²) in [5.74, 6) is -1.02. The first-order valence-corrected chi connectivity index (χ1v) is 4.97. The van der Waals surface area contributed by atoms with Crippen molar-refractivity contribution in [3.05, 3.63) is 52.2 Å². The van der Waals surface area contributed by atoms with Crippen LogP contribution in [0.15, 0.2) is 35.4 Å². The highest BCUT2D eigenvalue weighted by atomic mass is 16.4. The van der Waals surface area contributed by atoms with Gasteiger partial charge in [-0.05, 0) is 24.6 Å². The Morgan fingerprint density at radius 2 is 2.18 bits per heavy atom. The Morgan fingerprint density at radius 1 is 1.41 bits per heavy atom. The summed E-state index contributed by atoms with van der Waals surface area (Å²) in [6.07, 6.45) is 2.85. The number of carboxylic acid groups (broad SMARTS) is 1. The summed E-state index contributed by atoms with van der Waals surface area (Å²) in [6, 6.07) is 4.56. The minimum atomic E-state index is -1.02. The molecule has 0 spiro atoms. The van der Waals surface area contributed by atoms with Gasteiger partial charge in [-0.2, -0.15) is 0 Å². The van der Waals surface area contributed by atoms with Crippen molar-refractivity contribution in [3.63, 3.8) is 0 Å². The molecule has 0 aliphatic rings. The molecule has 5 nitrogen and oxygen atoms in total. The SMILES string of the molecule is Cc1ncc(C(=O)O)cc1-c1ccc(=O)[nH]c1. The van der Waals surface area contributed by atoms with Gasteiger partial charge < -0.3 is 10.1 Å². The lowest BCUT2D eigenvalue weighted by molar-refractivity contribution is 0.0696. The maximum absolute atomic E-state index is 10.9. The largest absolute Gasteiger partial charge is 0.478 e. The number of aromatic amines is 1. The number of carboxylic acids is 1.